The molecule has 98 valence electrons. The number of anilines is 1. The first kappa shape index (κ1) is 12.8. The van der Waals surface area contributed by atoms with E-state index in [-0.39, 0.29) is 23.2 Å². The highest BCUT2D eigenvalue weighted by Gasteiger charge is 2.24. The second-order valence-corrected chi connectivity index (χ2v) is 4.67. The summed E-state index contributed by atoms with van der Waals surface area (Å²) in [6.07, 6.45) is 2.90. The van der Waals surface area contributed by atoms with Gasteiger partial charge in [0, 0.05) is 5.56 Å². The van der Waals surface area contributed by atoms with Crippen molar-refractivity contribution >= 4 is 11.6 Å². The molecule has 0 saturated heterocycles. The van der Waals surface area contributed by atoms with Crippen LogP contribution in [-0.4, -0.2) is 23.2 Å². The van der Waals surface area contributed by atoms with Gasteiger partial charge in [-0.15, -0.1) is 0 Å². The molecule has 0 heterocycles. The summed E-state index contributed by atoms with van der Waals surface area (Å²) in [6.45, 7) is 0. The molecule has 0 radical (unpaired) electrons. The molecule has 2 unspecified atom stereocenters. The number of nitrogen functional groups attached to an aromatic ring is 1. The fourth-order valence-electron chi connectivity index (χ4n) is 2.20. The first-order valence-electron chi connectivity index (χ1n) is 6.12. The Labute approximate surface area is 105 Å². The van der Waals surface area contributed by atoms with Crippen LogP contribution in [0, 0.1) is 5.82 Å². The molecule has 4 N–H and O–H groups in total. The molecule has 0 aromatic heterocycles. The number of nitrogens with two attached hydrogens (primary N) is 1. The molecular formula is C13H17FN2O2. The summed E-state index contributed by atoms with van der Waals surface area (Å²) in [5, 5.41) is 12.5. The summed E-state index contributed by atoms with van der Waals surface area (Å²) in [4.78, 5) is 11.9. The number of carbonyl (C=O) groups is 1. The van der Waals surface area contributed by atoms with E-state index in [1.54, 1.807) is 0 Å². The number of carbonyl (C=O) groups excluding carboxylic acids is 1. The minimum Gasteiger partial charge on any atom is -0.396 e. The predicted molar refractivity (Wildman–Crippen MR) is 66.5 cm³/mol. The normalized spacial score (nSPS) is 23.7. The van der Waals surface area contributed by atoms with Crippen molar-refractivity contribution in [2.45, 2.75) is 37.8 Å². The largest absolute Gasteiger partial charge is 0.396 e. The number of halogens is 1. The van der Waals surface area contributed by atoms with Crippen molar-refractivity contribution in [3.05, 3.63) is 29.6 Å². The Morgan fingerprint density at radius 2 is 2.11 bits per heavy atom. The first-order chi connectivity index (χ1) is 8.58. The van der Waals surface area contributed by atoms with Crippen LogP contribution in [0.3, 0.4) is 0 Å². The number of amides is 1. The Balaban J connectivity index is 2.04. The molecule has 1 aliphatic carbocycles. The van der Waals surface area contributed by atoms with Gasteiger partial charge in [-0.1, -0.05) is 12.8 Å². The van der Waals surface area contributed by atoms with Crippen molar-refractivity contribution in [2.75, 3.05) is 5.73 Å². The number of hydrogen-bond donors (Lipinski definition) is 3. The molecule has 1 saturated carbocycles. The lowest BCUT2D eigenvalue weighted by atomic mass is 9.92. The van der Waals surface area contributed by atoms with Crippen LogP contribution in [0.1, 0.15) is 36.0 Å². The van der Waals surface area contributed by atoms with E-state index in [0.29, 0.717) is 6.42 Å². The van der Waals surface area contributed by atoms with Crippen LogP contribution >= 0.6 is 0 Å². The number of hydrogen-bond acceptors (Lipinski definition) is 3. The Hall–Kier alpha value is -1.62. The lowest BCUT2D eigenvalue weighted by molar-refractivity contribution is 0.0717. The Kier molecular flexibility index (Phi) is 3.81. The van der Waals surface area contributed by atoms with Crippen molar-refractivity contribution < 1.29 is 14.3 Å². The van der Waals surface area contributed by atoms with Gasteiger partial charge in [0.1, 0.15) is 5.82 Å². The molecular weight excluding hydrogens is 235 g/mol. The molecule has 1 fully saturated rings. The quantitative estimate of drug-likeness (QED) is 0.697. The van der Waals surface area contributed by atoms with Crippen LogP contribution in [0.2, 0.25) is 0 Å². The second kappa shape index (κ2) is 5.35. The molecule has 5 heteroatoms. The SMILES string of the molecule is Nc1ccc(C(=O)NC2CCCCC2O)cc1F. The summed E-state index contributed by atoms with van der Waals surface area (Å²) >= 11 is 0. The Morgan fingerprint density at radius 1 is 1.39 bits per heavy atom. The third-order valence-electron chi connectivity index (χ3n) is 3.31. The average Bonchev–Trinajstić information content (AvgIpc) is 2.35. The van der Waals surface area contributed by atoms with E-state index in [4.69, 9.17) is 5.73 Å². The van der Waals surface area contributed by atoms with Crippen LogP contribution in [0.25, 0.3) is 0 Å². The predicted octanol–water partition coefficient (Wildman–Crippen LogP) is 1.44. The van der Waals surface area contributed by atoms with Gasteiger partial charge in [-0.25, -0.2) is 4.39 Å². The zero-order chi connectivity index (χ0) is 13.1. The van der Waals surface area contributed by atoms with Crippen LogP contribution in [0.4, 0.5) is 10.1 Å². The summed E-state index contributed by atoms with van der Waals surface area (Å²) in [5.41, 5.74) is 5.59. The number of rotatable bonds is 2. The van der Waals surface area contributed by atoms with Crippen LogP contribution in [-0.2, 0) is 0 Å². The fraction of sp³-hybridized carbons (Fsp3) is 0.462. The third kappa shape index (κ3) is 2.79. The maximum atomic E-state index is 13.2. The Bertz CT molecular complexity index is 451. The van der Waals surface area contributed by atoms with Gasteiger partial charge in [-0.2, -0.15) is 0 Å². The lowest BCUT2D eigenvalue weighted by Gasteiger charge is -2.28. The molecule has 2 atom stereocenters. The van der Waals surface area contributed by atoms with E-state index in [9.17, 15) is 14.3 Å². The van der Waals surface area contributed by atoms with Crippen LogP contribution in [0.15, 0.2) is 18.2 Å². The summed E-state index contributed by atoms with van der Waals surface area (Å²) < 4.78 is 13.2. The molecule has 0 aliphatic heterocycles. The highest BCUT2D eigenvalue weighted by molar-refractivity contribution is 5.94. The molecule has 1 aliphatic rings. The minimum atomic E-state index is -0.605. The van der Waals surface area contributed by atoms with Gasteiger partial charge in [0.25, 0.3) is 5.91 Å². The topological polar surface area (TPSA) is 75.4 Å². The summed E-state index contributed by atoms with van der Waals surface area (Å²) in [6, 6.07) is 3.71. The maximum absolute atomic E-state index is 13.2. The average molecular weight is 252 g/mol. The van der Waals surface area contributed by atoms with Gasteiger partial charge in [-0.05, 0) is 31.0 Å². The van der Waals surface area contributed by atoms with Gasteiger partial charge >= 0.3 is 0 Å². The molecule has 0 bridgehead atoms. The van der Waals surface area contributed by atoms with Gasteiger partial charge < -0.3 is 16.2 Å². The summed E-state index contributed by atoms with van der Waals surface area (Å²) in [7, 11) is 0. The van der Waals surface area contributed by atoms with Gasteiger partial charge in [-0.3, -0.25) is 4.79 Å². The Morgan fingerprint density at radius 3 is 2.78 bits per heavy atom. The van der Waals surface area contributed by atoms with Crippen LogP contribution in [0.5, 0.6) is 0 Å². The van der Waals surface area contributed by atoms with Gasteiger partial charge in [0.2, 0.25) is 0 Å². The summed E-state index contributed by atoms with van der Waals surface area (Å²) in [5.74, 6) is -0.980. The van der Waals surface area contributed by atoms with Crippen molar-refractivity contribution in [1.29, 1.82) is 0 Å². The van der Waals surface area contributed by atoms with Gasteiger partial charge in [0.15, 0.2) is 0 Å². The second-order valence-electron chi connectivity index (χ2n) is 4.67. The highest BCUT2D eigenvalue weighted by atomic mass is 19.1. The van der Waals surface area contributed by atoms with E-state index >= 15 is 0 Å². The molecule has 2 rings (SSSR count). The molecule has 1 aromatic rings. The fourth-order valence-corrected chi connectivity index (χ4v) is 2.20. The van der Waals surface area contributed by atoms with Crippen molar-refractivity contribution in [1.82, 2.24) is 5.32 Å². The zero-order valence-electron chi connectivity index (χ0n) is 10.0. The van der Waals surface area contributed by atoms with E-state index in [1.807, 2.05) is 0 Å². The minimum absolute atomic E-state index is 0.0178. The molecule has 1 amide bonds. The lowest BCUT2D eigenvalue weighted by Crippen LogP contribution is -2.45. The maximum Gasteiger partial charge on any atom is 0.251 e. The first-order valence-corrected chi connectivity index (χ1v) is 6.12. The molecule has 0 spiro atoms. The van der Waals surface area contributed by atoms with E-state index in [2.05, 4.69) is 5.32 Å². The van der Waals surface area contributed by atoms with Crippen molar-refractivity contribution in [2.24, 2.45) is 0 Å². The van der Waals surface area contributed by atoms with E-state index < -0.39 is 11.9 Å². The van der Waals surface area contributed by atoms with E-state index in [1.165, 1.54) is 12.1 Å². The number of benzene rings is 1. The molecule has 1 aromatic carbocycles. The van der Waals surface area contributed by atoms with E-state index in [0.717, 1.165) is 25.3 Å². The number of aliphatic hydroxyl groups excluding tert-OH is 1. The number of aliphatic hydroxyl groups is 1. The smallest absolute Gasteiger partial charge is 0.251 e. The number of nitrogens with one attached hydrogen (secondary N) is 1. The van der Waals surface area contributed by atoms with Crippen molar-refractivity contribution in [3.63, 3.8) is 0 Å². The highest BCUT2D eigenvalue weighted by Crippen LogP contribution is 2.19. The van der Waals surface area contributed by atoms with Crippen LogP contribution < -0.4 is 11.1 Å². The monoisotopic (exact) mass is 252 g/mol. The molecule has 4 nitrogen and oxygen atoms in total. The third-order valence-corrected chi connectivity index (χ3v) is 3.31. The molecule has 18 heavy (non-hydrogen) atoms. The van der Waals surface area contributed by atoms with Crippen molar-refractivity contribution in [3.8, 4) is 0 Å². The standard InChI is InChI=1S/C13H17FN2O2/c14-9-7-8(5-6-10(9)15)13(18)16-11-3-1-2-4-12(11)17/h5-7,11-12,17H,1-4,15H2,(H,16,18). The zero-order valence-corrected chi connectivity index (χ0v) is 10.0. The van der Waals surface area contributed by atoms with Gasteiger partial charge in [0.05, 0.1) is 17.8 Å².